The molecule has 4 nitrogen and oxygen atoms in total. The van der Waals surface area contributed by atoms with Gasteiger partial charge in [0.1, 0.15) is 11.5 Å². The van der Waals surface area contributed by atoms with E-state index in [1.807, 2.05) is 0 Å². The minimum absolute atomic E-state index is 0.00330. The summed E-state index contributed by atoms with van der Waals surface area (Å²) in [4.78, 5) is 0.136. The van der Waals surface area contributed by atoms with Crippen LogP contribution in [0.3, 0.4) is 0 Å². The molecule has 0 saturated heterocycles. The number of aromatic hydroxyl groups is 2. The minimum atomic E-state index is -3.68. The molecule has 0 amide bonds. The van der Waals surface area contributed by atoms with Crippen LogP contribution in [0.1, 0.15) is 5.56 Å². The lowest BCUT2D eigenvalue weighted by molar-refractivity contribution is 0.473. The average molecular weight is 276 g/mol. The highest BCUT2D eigenvalue weighted by molar-refractivity contribution is 7.91. The molecule has 0 aromatic heterocycles. The van der Waals surface area contributed by atoms with E-state index in [2.05, 4.69) is 6.58 Å². The van der Waals surface area contributed by atoms with Crippen molar-refractivity contribution < 1.29 is 18.6 Å². The van der Waals surface area contributed by atoms with Gasteiger partial charge in [-0.1, -0.05) is 12.7 Å². The van der Waals surface area contributed by atoms with E-state index in [4.69, 9.17) is 0 Å². The Bertz CT molecular complexity index is 716. The van der Waals surface area contributed by atoms with Gasteiger partial charge >= 0.3 is 0 Å². The molecule has 0 fully saturated rings. The smallest absolute Gasteiger partial charge is 0.206 e. The number of sulfone groups is 1. The van der Waals surface area contributed by atoms with E-state index in [9.17, 15) is 18.6 Å². The van der Waals surface area contributed by atoms with Gasteiger partial charge in [0.15, 0.2) is 0 Å². The summed E-state index contributed by atoms with van der Waals surface area (Å²) >= 11 is 0. The maximum atomic E-state index is 12.3. The third kappa shape index (κ3) is 2.46. The summed E-state index contributed by atoms with van der Waals surface area (Å²) in [6, 6.07) is 9.25. The van der Waals surface area contributed by atoms with Crippen molar-refractivity contribution in [1.82, 2.24) is 0 Å². The van der Waals surface area contributed by atoms with Crippen LogP contribution in [0.15, 0.2) is 58.8 Å². The number of benzene rings is 2. The van der Waals surface area contributed by atoms with Gasteiger partial charge in [0.2, 0.25) is 9.84 Å². The first kappa shape index (κ1) is 13.2. The molecule has 2 aromatic carbocycles. The van der Waals surface area contributed by atoms with Crippen molar-refractivity contribution in [1.29, 1.82) is 0 Å². The van der Waals surface area contributed by atoms with Crippen LogP contribution in [0.5, 0.6) is 11.5 Å². The monoisotopic (exact) mass is 276 g/mol. The highest BCUT2D eigenvalue weighted by Gasteiger charge is 2.18. The molecule has 0 aliphatic heterocycles. The first-order valence-electron chi connectivity index (χ1n) is 5.45. The molecule has 0 atom stereocenters. The Morgan fingerprint density at radius 2 is 1.53 bits per heavy atom. The molecule has 2 rings (SSSR count). The Morgan fingerprint density at radius 3 is 2.11 bits per heavy atom. The average Bonchev–Trinajstić information content (AvgIpc) is 2.39. The zero-order chi connectivity index (χ0) is 14.0. The van der Waals surface area contributed by atoms with Crippen LogP contribution >= 0.6 is 0 Å². The maximum Gasteiger partial charge on any atom is 0.206 e. The van der Waals surface area contributed by atoms with E-state index in [0.29, 0.717) is 5.56 Å². The SMILES string of the molecule is C=Cc1cc(S(=O)(=O)c2ccc(O)cc2)ccc1O. The zero-order valence-corrected chi connectivity index (χ0v) is 10.8. The summed E-state index contributed by atoms with van der Waals surface area (Å²) in [5.41, 5.74) is 0.347. The van der Waals surface area contributed by atoms with E-state index in [1.165, 1.54) is 48.5 Å². The Morgan fingerprint density at radius 1 is 0.947 bits per heavy atom. The molecule has 98 valence electrons. The van der Waals surface area contributed by atoms with Gasteiger partial charge in [-0.3, -0.25) is 0 Å². The fourth-order valence-corrected chi connectivity index (χ4v) is 2.92. The molecule has 0 unspecified atom stereocenters. The summed E-state index contributed by atoms with van der Waals surface area (Å²) in [6.07, 6.45) is 1.38. The van der Waals surface area contributed by atoms with Crippen molar-refractivity contribution in [2.45, 2.75) is 9.79 Å². The zero-order valence-electron chi connectivity index (χ0n) is 9.95. The van der Waals surface area contributed by atoms with Crippen molar-refractivity contribution in [2.75, 3.05) is 0 Å². The molecule has 0 aliphatic rings. The van der Waals surface area contributed by atoms with Crippen LogP contribution in [0, 0.1) is 0 Å². The first-order chi connectivity index (χ1) is 8.95. The van der Waals surface area contributed by atoms with Gasteiger partial charge < -0.3 is 10.2 Å². The lowest BCUT2D eigenvalue weighted by atomic mass is 10.2. The molecule has 2 N–H and O–H groups in total. The van der Waals surface area contributed by atoms with E-state index >= 15 is 0 Å². The standard InChI is InChI=1S/C14H12O4S/c1-2-10-9-13(7-8-14(10)16)19(17,18)12-5-3-11(15)4-6-12/h2-9,15-16H,1H2. The summed E-state index contributed by atoms with van der Waals surface area (Å²) < 4.78 is 24.7. The van der Waals surface area contributed by atoms with Crippen molar-refractivity contribution in [3.8, 4) is 11.5 Å². The topological polar surface area (TPSA) is 74.6 Å². The number of hydrogen-bond donors (Lipinski definition) is 2. The molecule has 0 bridgehead atoms. The molecule has 0 saturated carbocycles. The number of hydrogen-bond acceptors (Lipinski definition) is 4. The summed E-state index contributed by atoms with van der Waals surface area (Å²) in [6.45, 7) is 3.51. The number of phenols is 2. The van der Waals surface area contributed by atoms with Gasteiger partial charge in [0.05, 0.1) is 9.79 Å². The second-order valence-electron chi connectivity index (χ2n) is 3.92. The summed E-state index contributed by atoms with van der Waals surface area (Å²) in [5, 5.41) is 18.7. The molecular formula is C14H12O4S. The molecular weight excluding hydrogens is 264 g/mol. The van der Waals surface area contributed by atoms with Crippen LogP contribution in [-0.2, 0) is 9.84 Å². The predicted octanol–water partition coefficient (Wildman–Crippen LogP) is 2.57. The molecule has 0 radical (unpaired) electrons. The van der Waals surface area contributed by atoms with Gasteiger partial charge in [0, 0.05) is 5.56 Å². The quantitative estimate of drug-likeness (QED) is 0.903. The van der Waals surface area contributed by atoms with Crippen LogP contribution < -0.4 is 0 Å². The van der Waals surface area contributed by atoms with E-state index in [1.54, 1.807) is 0 Å². The minimum Gasteiger partial charge on any atom is -0.508 e. The molecule has 19 heavy (non-hydrogen) atoms. The van der Waals surface area contributed by atoms with Gasteiger partial charge in [-0.2, -0.15) is 0 Å². The Labute approximate surface area is 111 Å². The molecule has 0 spiro atoms. The third-order valence-electron chi connectivity index (χ3n) is 2.68. The number of rotatable bonds is 3. The largest absolute Gasteiger partial charge is 0.508 e. The van der Waals surface area contributed by atoms with Crippen LogP contribution in [0.4, 0.5) is 0 Å². The fraction of sp³-hybridized carbons (Fsp3) is 0. The summed E-state index contributed by atoms with van der Waals surface area (Å²) in [5.74, 6) is -0.0314. The number of phenolic OH excluding ortho intramolecular Hbond substituents is 2. The molecule has 0 heterocycles. The van der Waals surface area contributed by atoms with Crippen molar-refractivity contribution in [3.63, 3.8) is 0 Å². The summed E-state index contributed by atoms with van der Waals surface area (Å²) in [7, 11) is -3.68. The van der Waals surface area contributed by atoms with E-state index in [-0.39, 0.29) is 21.3 Å². The van der Waals surface area contributed by atoms with Crippen LogP contribution in [-0.4, -0.2) is 18.6 Å². The van der Waals surface area contributed by atoms with Gasteiger partial charge in [-0.15, -0.1) is 0 Å². The van der Waals surface area contributed by atoms with Crippen LogP contribution in [0.2, 0.25) is 0 Å². The fourth-order valence-electron chi connectivity index (χ4n) is 1.62. The van der Waals surface area contributed by atoms with Gasteiger partial charge in [-0.05, 0) is 42.5 Å². The molecule has 5 heteroatoms. The molecule has 2 aromatic rings. The molecule has 0 aliphatic carbocycles. The maximum absolute atomic E-state index is 12.3. The Hall–Kier alpha value is -2.27. The van der Waals surface area contributed by atoms with E-state index in [0.717, 1.165) is 0 Å². The Balaban J connectivity index is 2.56. The second-order valence-corrected chi connectivity index (χ2v) is 5.87. The van der Waals surface area contributed by atoms with Crippen molar-refractivity contribution >= 4 is 15.9 Å². The second kappa shape index (κ2) is 4.78. The highest BCUT2D eigenvalue weighted by Crippen LogP contribution is 2.27. The predicted molar refractivity (Wildman–Crippen MR) is 71.8 cm³/mol. The van der Waals surface area contributed by atoms with Crippen molar-refractivity contribution in [2.24, 2.45) is 0 Å². The highest BCUT2D eigenvalue weighted by atomic mass is 32.2. The normalized spacial score (nSPS) is 11.2. The van der Waals surface area contributed by atoms with Gasteiger partial charge in [0.25, 0.3) is 0 Å². The lowest BCUT2D eigenvalue weighted by Crippen LogP contribution is -2.01. The van der Waals surface area contributed by atoms with Crippen LogP contribution in [0.25, 0.3) is 6.08 Å². The van der Waals surface area contributed by atoms with Gasteiger partial charge in [-0.25, -0.2) is 8.42 Å². The Kier molecular flexibility index (Phi) is 3.31. The third-order valence-corrected chi connectivity index (χ3v) is 4.44. The van der Waals surface area contributed by atoms with E-state index < -0.39 is 9.84 Å². The van der Waals surface area contributed by atoms with Crippen molar-refractivity contribution in [3.05, 3.63) is 54.6 Å². The lowest BCUT2D eigenvalue weighted by Gasteiger charge is -2.07. The first-order valence-corrected chi connectivity index (χ1v) is 6.93.